The molecule has 0 aromatic heterocycles. The third-order valence-electron chi connectivity index (χ3n) is 2.93. The van der Waals surface area contributed by atoms with E-state index < -0.39 is 0 Å². The van der Waals surface area contributed by atoms with Gasteiger partial charge in [0.25, 0.3) is 5.91 Å². The number of amides is 1. The number of ether oxygens (including phenoxy) is 1. The van der Waals surface area contributed by atoms with E-state index in [0.29, 0.717) is 15.8 Å². The molecule has 6 heteroatoms. The van der Waals surface area contributed by atoms with Crippen LogP contribution in [0.1, 0.15) is 12.8 Å². The molecule has 1 atom stereocenters. The van der Waals surface area contributed by atoms with E-state index in [1.807, 2.05) is 0 Å². The van der Waals surface area contributed by atoms with E-state index >= 15 is 0 Å². The topological polar surface area (TPSA) is 50.4 Å². The van der Waals surface area contributed by atoms with Gasteiger partial charge in [-0.3, -0.25) is 4.79 Å². The molecule has 104 valence electrons. The fraction of sp³-hybridized carbons (Fsp3) is 0.462. The molecule has 0 saturated carbocycles. The number of hydrogen-bond donors (Lipinski definition) is 2. The van der Waals surface area contributed by atoms with E-state index in [0.717, 1.165) is 25.9 Å². The highest BCUT2D eigenvalue weighted by Crippen LogP contribution is 2.32. The first-order valence-electron chi connectivity index (χ1n) is 6.23. The Morgan fingerprint density at radius 2 is 2.16 bits per heavy atom. The molecule has 1 aliphatic heterocycles. The van der Waals surface area contributed by atoms with Crippen LogP contribution >= 0.6 is 23.2 Å². The van der Waals surface area contributed by atoms with E-state index in [9.17, 15) is 4.79 Å². The summed E-state index contributed by atoms with van der Waals surface area (Å²) in [5, 5.41) is 6.95. The first-order valence-corrected chi connectivity index (χ1v) is 6.99. The van der Waals surface area contributed by atoms with E-state index in [1.54, 1.807) is 18.2 Å². The predicted octanol–water partition coefficient (Wildman–Crippen LogP) is 2.24. The van der Waals surface area contributed by atoms with Gasteiger partial charge in [0, 0.05) is 12.6 Å². The molecule has 19 heavy (non-hydrogen) atoms. The summed E-state index contributed by atoms with van der Waals surface area (Å²) >= 11 is 11.9. The molecule has 0 unspecified atom stereocenters. The number of carbonyl (C=O) groups excluding carboxylic acids is 1. The van der Waals surface area contributed by atoms with Crippen molar-refractivity contribution in [3.8, 4) is 5.75 Å². The summed E-state index contributed by atoms with van der Waals surface area (Å²) in [6.07, 6.45) is 2.06. The average Bonchev–Trinajstić information content (AvgIpc) is 2.39. The van der Waals surface area contributed by atoms with Crippen LogP contribution in [0.5, 0.6) is 5.75 Å². The van der Waals surface area contributed by atoms with Crippen molar-refractivity contribution >= 4 is 29.1 Å². The molecule has 1 aromatic rings. The summed E-state index contributed by atoms with van der Waals surface area (Å²) in [4.78, 5) is 11.8. The van der Waals surface area contributed by atoms with Gasteiger partial charge in [0.05, 0.1) is 10.0 Å². The van der Waals surface area contributed by atoms with Crippen LogP contribution in [-0.2, 0) is 4.79 Å². The Bertz CT molecular complexity index is 428. The highest BCUT2D eigenvalue weighted by atomic mass is 35.5. The Labute approximate surface area is 122 Å². The van der Waals surface area contributed by atoms with Gasteiger partial charge in [0.1, 0.15) is 0 Å². The molecule has 1 aromatic carbocycles. The number of nitrogens with one attached hydrogen (secondary N) is 2. The standard InChI is InChI=1S/C13H16Cl2N2O2/c14-10-4-1-5-11(15)13(10)19-8-12(18)17-9-3-2-6-16-7-9/h1,4-5,9,16H,2-3,6-8H2,(H,17,18)/t9-/m0/s1. The molecule has 1 aliphatic rings. The summed E-state index contributed by atoms with van der Waals surface area (Å²) < 4.78 is 5.37. The van der Waals surface area contributed by atoms with Crippen LogP contribution < -0.4 is 15.4 Å². The zero-order chi connectivity index (χ0) is 13.7. The number of piperidine rings is 1. The number of halogens is 2. The van der Waals surface area contributed by atoms with Crippen molar-refractivity contribution in [3.05, 3.63) is 28.2 Å². The Hall–Kier alpha value is -0.970. The van der Waals surface area contributed by atoms with E-state index in [1.165, 1.54) is 0 Å². The van der Waals surface area contributed by atoms with Crippen molar-refractivity contribution in [1.29, 1.82) is 0 Å². The third-order valence-corrected chi connectivity index (χ3v) is 3.52. The second-order valence-corrected chi connectivity index (χ2v) is 5.26. The monoisotopic (exact) mass is 302 g/mol. The third kappa shape index (κ3) is 4.27. The van der Waals surface area contributed by atoms with Crippen molar-refractivity contribution < 1.29 is 9.53 Å². The minimum absolute atomic E-state index is 0.0834. The van der Waals surface area contributed by atoms with Gasteiger partial charge in [0.15, 0.2) is 12.4 Å². The lowest BCUT2D eigenvalue weighted by Crippen LogP contribution is -2.47. The largest absolute Gasteiger partial charge is 0.481 e. The van der Waals surface area contributed by atoms with Crippen LogP contribution in [0.3, 0.4) is 0 Å². The molecule has 0 bridgehead atoms. The fourth-order valence-electron chi connectivity index (χ4n) is 2.00. The van der Waals surface area contributed by atoms with Gasteiger partial charge in [-0.25, -0.2) is 0 Å². The van der Waals surface area contributed by atoms with Gasteiger partial charge in [-0.2, -0.15) is 0 Å². The molecule has 1 amide bonds. The Balaban J connectivity index is 1.83. The molecule has 0 radical (unpaired) electrons. The van der Waals surface area contributed by atoms with Crippen molar-refractivity contribution in [2.24, 2.45) is 0 Å². The quantitative estimate of drug-likeness (QED) is 0.897. The van der Waals surface area contributed by atoms with Gasteiger partial charge in [0.2, 0.25) is 0 Å². The average molecular weight is 303 g/mol. The lowest BCUT2D eigenvalue weighted by Gasteiger charge is -2.23. The summed E-state index contributed by atoms with van der Waals surface area (Å²) in [6.45, 7) is 1.73. The highest BCUT2D eigenvalue weighted by Gasteiger charge is 2.16. The number of hydrogen-bond acceptors (Lipinski definition) is 3. The van der Waals surface area contributed by atoms with Crippen LogP contribution in [0.4, 0.5) is 0 Å². The zero-order valence-corrected chi connectivity index (χ0v) is 11.9. The maximum Gasteiger partial charge on any atom is 0.258 e. The van der Waals surface area contributed by atoms with Gasteiger partial charge in [-0.05, 0) is 31.5 Å². The maximum atomic E-state index is 11.8. The van der Waals surface area contributed by atoms with Crippen LogP contribution in [0.25, 0.3) is 0 Å². The molecular weight excluding hydrogens is 287 g/mol. The number of rotatable bonds is 4. The van der Waals surface area contributed by atoms with Crippen molar-refractivity contribution in [1.82, 2.24) is 10.6 Å². The van der Waals surface area contributed by atoms with Crippen molar-refractivity contribution in [2.45, 2.75) is 18.9 Å². The molecule has 4 nitrogen and oxygen atoms in total. The van der Waals surface area contributed by atoms with E-state index in [2.05, 4.69) is 10.6 Å². The predicted molar refractivity (Wildman–Crippen MR) is 76.0 cm³/mol. The second-order valence-electron chi connectivity index (χ2n) is 4.45. The minimum Gasteiger partial charge on any atom is -0.481 e. The number of para-hydroxylation sites is 1. The number of carbonyl (C=O) groups is 1. The molecule has 1 fully saturated rings. The second kappa shape index (κ2) is 6.98. The Kier molecular flexibility index (Phi) is 5.31. The molecule has 1 saturated heterocycles. The van der Waals surface area contributed by atoms with Crippen LogP contribution in [0.15, 0.2) is 18.2 Å². The first-order chi connectivity index (χ1) is 9.16. The summed E-state index contributed by atoms with van der Waals surface area (Å²) in [5.41, 5.74) is 0. The van der Waals surface area contributed by atoms with Crippen LogP contribution in [-0.4, -0.2) is 31.6 Å². The van der Waals surface area contributed by atoms with Gasteiger partial charge in [-0.1, -0.05) is 29.3 Å². The Morgan fingerprint density at radius 1 is 1.42 bits per heavy atom. The van der Waals surface area contributed by atoms with Gasteiger partial charge in [-0.15, -0.1) is 0 Å². The summed E-state index contributed by atoms with van der Waals surface area (Å²) in [5.74, 6) is 0.187. The minimum atomic E-state index is -0.162. The van der Waals surface area contributed by atoms with Crippen molar-refractivity contribution in [3.63, 3.8) is 0 Å². The molecule has 2 N–H and O–H groups in total. The summed E-state index contributed by atoms with van der Waals surface area (Å²) in [6, 6.07) is 5.24. The Morgan fingerprint density at radius 3 is 2.79 bits per heavy atom. The molecular formula is C13H16Cl2N2O2. The lowest BCUT2D eigenvalue weighted by molar-refractivity contribution is -0.123. The lowest BCUT2D eigenvalue weighted by atomic mass is 10.1. The molecule has 2 rings (SSSR count). The van der Waals surface area contributed by atoms with Gasteiger partial charge < -0.3 is 15.4 Å². The fourth-order valence-corrected chi connectivity index (χ4v) is 2.51. The van der Waals surface area contributed by atoms with Crippen molar-refractivity contribution in [2.75, 3.05) is 19.7 Å². The van der Waals surface area contributed by atoms with E-state index in [4.69, 9.17) is 27.9 Å². The normalized spacial score (nSPS) is 18.9. The van der Waals surface area contributed by atoms with Crippen LogP contribution in [0, 0.1) is 0 Å². The molecule has 0 aliphatic carbocycles. The molecule has 1 heterocycles. The maximum absolute atomic E-state index is 11.8. The first kappa shape index (κ1) is 14.4. The zero-order valence-electron chi connectivity index (χ0n) is 10.4. The van der Waals surface area contributed by atoms with Crippen LogP contribution in [0.2, 0.25) is 10.0 Å². The number of benzene rings is 1. The molecule has 0 spiro atoms. The summed E-state index contributed by atoms with van der Waals surface area (Å²) in [7, 11) is 0. The highest BCUT2D eigenvalue weighted by molar-refractivity contribution is 6.37. The van der Waals surface area contributed by atoms with E-state index in [-0.39, 0.29) is 18.6 Å². The van der Waals surface area contributed by atoms with Gasteiger partial charge >= 0.3 is 0 Å². The SMILES string of the molecule is O=C(COc1c(Cl)cccc1Cl)N[C@H]1CCCNC1. The smallest absolute Gasteiger partial charge is 0.258 e.